The molecule has 0 unspecified atom stereocenters. The van der Waals surface area contributed by atoms with Crippen LogP contribution in [0.4, 0.5) is 0 Å². The number of aliphatic hydroxyl groups is 1. The zero-order valence-corrected chi connectivity index (χ0v) is 20.4. The van der Waals surface area contributed by atoms with E-state index in [1.807, 2.05) is 11.5 Å². The van der Waals surface area contributed by atoms with Gasteiger partial charge in [-0.05, 0) is 80.9 Å². The molecule has 33 heavy (non-hydrogen) atoms. The van der Waals surface area contributed by atoms with Crippen LogP contribution < -0.4 is 0 Å². The number of carbonyl (C=O) groups excluding carboxylic acids is 1. The summed E-state index contributed by atoms with van der Waals surface area (Å²) in [6.07, 6.45) is 6.03. The molecule has 9 heteroatoms. The third-order valence-electron chi connectivity index (χ3n) is 7.93. The molecule has 1 aromatic carbocycles. The van der Waals surface area contributed by atoms with Gasteiger partial charge >= 0.3 is 5.97 Å². The van der Waals surface area contributed by atoms with E-state index in [4.69, 9.17) is 4.74 Å². The van der Waals surface area contributed by atoms with Gasteiger partial charge in [0.2, 0.25) is 10.0 Å². The Balaban J connectivity index is 1.32. The Hall–Kier alpha value is -1.97. The second-order valence-electron chi connectivity index (χ2n) is 10.7. The number of hydrogen-bond acceptors (Lipinski definition) is 6. The summed E-state index contributed by atoms with van der Waals surface area (Å²) < 4.78 is 33.8. The lowest BCUT2D eigenvalue weighted by Gasteiger charge is -2.60. The van der Waals surface area contributed by atoms with E-state index in [-0.39, 0.29) is 22.9 Å². The van der Waals surface area contributed by atoms with Crippen molar-refractivity contribution < 1.29 is 23.1 Å². The molecule has 4 aliphatic carbocycles. The average molecular weight is 476 g/mol. The predicted octanol–water partition coefficient (Wildman–Crippen LogP) is 3.07. The average Bonchev–Trinajstić information content (AvgIpc) is 3.06. The molecule has 4 bridgehead atoms. The largest absolute Gasteiger partial charge is 0.457 e. The number of esters is 1. The molecule has 0 radical (unpaired) electrons. The highest BCUT2D eigenvalue weighted by Crippen LogP contribution is 2.62. The summed E-state index contributed by atoms with van der Waals surface area (Å²) in [6, 6.07) is 4.90. The summed E-state index contributed by atoms with van der Waals surface area (Å²) in [7, 11) is -0.562. The maximum Gasteiger partial charge on any atom is 0.306 e. The number of imidazole rings is 1. The smallest absolute Gasteiger partial charge is 0.306 e. The summed E-state index contributed by atoms with van der Waals surface area (Å²) in [5.74, 6) is 1.41. The highest BCUT2D eigenvalue weighted by atomic mass is 32.2. The third kappa shape index (κ3) is 3.98. The molecule has 0 saturated heterocycles. The van der Waals surface area contributed by atoms with Crippen molar-refractivity contribution in [3.8, 4) is 0 Å². The number of fused-ring (bicyclic) bond motifs is 1. The van der Waals surface area contributed by atoms with Crippen molar-refractivity contribution in [2.45, 2.75) is 75.5 Å². The molecule has 1 N–H and O–H groups in total. The normalized spacial score (nSPS) is 30.9. The van der Waals surface area contributed by atoms with Crippen LogP contribution in [0.25, 0.3) is 11.0 Å². The molecular formula is C24H33N3O5S. The first-order valence-corrected chi connectivity index (χ1v) is 13.3. The van der Waals surface area contributed by atoms with Gasteiger partial charge in [0.25, 0.3) is 0 Å². The quantitative estimate of drug-likeness (QED) is 0.618. The van der Waals surface area contributed by atoms with Crippen molar-refractivity contribution in [2.24, 2.45) is 17.3 Å². The number of nitrogens with zero attached hydrogens (tertiary/aromatic N) is 3. The number of aryl methyl sites for hydroxylation is 1. The number of rotatable bonds is 7. The number of benzene rings is 1. The minimum Gasteiger partial charge on any atom is -0.457 e. The van der Waals surface area contributed by atoms with Crippen LogP contribution in [0.3, 0.4) is 0 Å². The molecule has 4 fully saturated rings. The van der Waals surface area contributed by atoms with Gasteiger partial charge in [0.15, 0.2) is 0 Å². The molecule has 180 valence electrons. The molecular weight excluding hydrogens is 442 g/mol. The lowest BCUT2D eigenvalue weighted by Crippen LogP contribution is -2.56. The molecule has 0 aliphatic heterocycles. The van der Waals surface area contributed by atoms with Crippen molar-refractivity contribution in [1.82, 2.24) is 13.9 Å². The maximum atomic E-state index is 12.9. The first-order chi connectivity index (χ1) is 15.5. The summed E-state index contributed by atoms with van der Waals surface area (Å²) in [5, 5.41) is 10.9. The predicted molar refractivity (Wildman–Crippen MR) is 123 cm³/mol. The number of aromatic nitrogens is 2. The van der Waals surface area contributed by atoms with Crippen LogP contribution in [0, 0.1) is 17.3 Å². The Morgan fingerprint density at radius 1 is 1.24 bits per heavy atom. The summed E-state index contributed by atoms with van der Waals surface area (Å²) in [4.78, 5) is 17.6. The first kappa shape index (κ1) is 22.8. The van der Waals surface area contributed by atoms with Crippen molar-refractivity contribution in [1.29, 1.82) is 0 Å². The number of sulfonamides is 1. The molecule has 1 aromatic heterocycles. The van der Waals surface area contributed by atoms with Gasteiger partial charge in [-0.15, -0.1) is 0 Å². The fourth-order valence-electron chi connectivity index (χ4n) is 7.10. The number of carbonyl (C=O) groups is 1. The highest BCUT2D eigenvalue weighted by Gasteiger charge is 2.57. The lowest BCUT2D eigenvalue weighted by molar-refractivity contribution is -0.177. The Bertz CT molecular complexity index is 1190. The molecule has 0 amide bonds. The van der Waals surface area contributed by atoms with Crippen LogP contribution in [0.2, 0.25) is 0 Å². The lowest BCUT2D eigenvalue weighted by atomic mass is 9.47. The molecule has 1 heterocycles. The van der Waals surface area contributed by atoms with E-state index in [0.717, 1.165) is 31.2 Å². The standard InChI is InChI=1S/C24H33N3O5S/c1-4-27-20-6-5-18(33(30,31)26(2)3)8-19(20)25-21(27)14-32-22(28)13-23-9-16-7-17(10-23)12-24(29,11-16)15-23/h5-6,8,16-17,29H,4,7,9-15H2,1-3H3/t16-,17-,23?,24?/m1/s1. The Labute approximate surface area is 195 Å². The van der Waals surface area contributed by atoms with Crippen LogP contribution in [-0.2, 0) is 32.7 Å². The van der Waals surface area contributed by atoms with E-state index in [9.17, 15) is 18.3 Å². The highest BCUT2D eigenvalue weighted by molar-refractivity contribution is 7.89. The third-order valence-corrected chi connectivity index (χ3v) is 9.74. The van der Waals surface area contributed by atoms with Gasteiger partial charge in [0.05, 0.1) is 28.0 Å². The minimum absolute atomic E-state index is 0.0460. The SMILES string of the molecule is CCn1c(COC(=O)CC23C[C@H]4C[C@@H](CC(O)(C4)C2)C3)nc2cc(S(=O)(=O)N(C)C)ccc21. The topological polar surface area (TPSA) is 102 Å². The van der Waals surface area contributed by atoms with Gasteiger partial charge in [-0.3, -0.25) is 4.79 Å². The van der Waals surface area contributed by atoms with Gasteiger partial charge in [0, 0.05) is 20.6 Å². The summed E-state index contributed by atoms with van der Waals surface area (Å²) >= 11 is 0. The molecule has 2 aromatic rings. The van der Waals surface area contributed by atoms with Crippen LogP contribution in [0.1, 0.15) is 57.7 Å². The second-order valence-corrected chi connectivity index (χ2v) is 12.9. The van der Waals surface area contributed by atoms with Gasteiger partial charge in [-0.1, -0.05) is 0 Å². The van der Waals surface area contributed by atoms with Crippen molar-refractivity contribution in [3.63, 3.8) is 0 Å². The summed E-state index contributed by atoms with van der Waals surface area (Å²) in [6.45, 7) is 2.65. The van der Waals surface area contributed by atoms with E-state index in [1.165, 1.54) is 24.8 Å². The molecule has 2 atom stereocenters. The van der Waals surface area contributed by atoms with E-state index in [1.54, 1.807) is 18.2 Å². The van der Waals surface area contributed by atoms with Crippen LogP contribution in [-0.4, -0.2) is 53.0 Å². The molecule has 4 aliphatic rings. The Kier molecular flexibility index (Phi) is 5.38. The minimum atomic E-state index is -3.56. The molecule has 8 nitrogen and oxygen atoms in total. The maximum absolute atomic E-state index is 12.9. The molecule has 0 spiro atoms. The molecule has 4 saturated carbocycles. The Morgan fingerprint density at radius 2 is 1.94 bits per heavy atom. The fourth-order valence-corrected chi connectivity index (χ4v) is 8.03. The van der Waals surface area contributed by atoms with Crippen molar-refractivity contribution in [2.75, 3.05) is 14.1 Å². The fraction of sp³-hybridized carbons (Fsp3) is 0.667. The van der Waals surface area contributed by atoms with E-state index in [2.05, 4.69) is 4.98 Å². The van der Waals surface area contributed by atoms with Crippen molar-refractivity contribution in [3.05, 3.63) is 24.0 Å². The number of hydrogen-bond donors (Lipinski definition) is 1. The van der Waals surface area contributed by atoms with E-state index >= 15 is 0 Å². The van der Waals surface area contributed by atoms with Gasteiger partial charge in [-0.25, -0.2) is 17.7 Å². The van der Waals surface area contributed by atoms with Gasteiger partial charge < -0.3 is 14.4 Å². The Morgan fingerprint density at radius 3 is 2.55 bits per heavy atom. The van der Waals surface area contributed by atoms with E-state index < -0.39 is 15.6 Å². The zero-order valence-electron chi connectivity index (χ0n) is 19.6. The van der Waals surface area contributed by atoms with Crippen LogP contribution in [0.15, 0.2) is 23.1 Å². The second kappa shape index (κ2) is 7.78. The van der Waals surface area contributed by atoms with Crippen molar-refractivity contribution >= 4 is 27.0 Å². The van der Waals surface area contributed by atoms with Gasteiger partial charge in [0.1, 0.15) is 12.4 Å². The molecule has 6 rings (SSSR count). The first-order valence-electron chi connectivity index (χ1n) is 11.8. The van der Waals surface area contributed by atoms with Crippen LogP contribution in [0.5, 0.6) is 0 Å². The zero-order chi connectivity index (χ0) is 23.6. The number of ether oxygens (including phenoxy) is 1. The van der Waals surface area contributed by atoms with Gasteiger partial charge in [-0.2, -0.15) is 0 Å². The van der Waals surface area contributed by atoms with Crippen LogP contribution >= 0.6 is 0 Å². The summed E-state index contributed by atoms with van der Waals surface area (Å²) in [5.41, 5.74) is 0.653. The van der Waals surface area contributed by atoms with E-state index in [0.29, 0.717) is 42.6 Å². The monoisotopic (exact) mass is 475 g/mol.